The van der Waals surface area contributed by atoms with Crippen LogP contribution in [0.3, 0.4) is 0 Å². The van der Waals surface area contributed by atoms with Crippen molar-refractivity contribution in [3.63, 3.8) is 0 Å². The molecule has 0 atom stereocenters. The maximum Gasteiger partial charge on any atom is 0.108 e. The lowest BCUT2D eigenvalue weighted by Crippen LogP contribution is -2.25. The summed E-state index contributed by atoms with van der Waals surface area (Å²) < 4.78 is 0. The van der Waals surface area contributed by atoms with E-state index in [-0.39, 0.29) is 0 Å². The van der Waals surface area contributed by atoms with E-state index in [0.717, 1.165) is 13.1 Å². The quantitative estimate of drug-likeness (QED) is 0.0548. The Bertz CT molecular complexity index is 682. The Balaban J connectivity index is 2.06. The summed E-state index contributed by atoms with van der Waals surface area (Å²) >= 11 is 0. The monoisotopic (exact) mass is 627 g/mol. The van der Waals surface area contributed by atoms with Crippen LogP contribution in [0, 0.1) is 4.91 Å². The predicted octanol–water partition coefficient (Wildman–Crippen LogP) is 15.4. The molecule has 0 saturated carbocycles. The van der Waals surface area contributed by atoms with Crippen LogP contribution in [0.1, 0.15) is 219 Å². The van der Waals surface area contributed by atoms with Gasteiger partial charge in [-0.25, -0.2) is 0 Å². The molecule has 0 aromatic heterocycles. The van der Waals surface area contributed by atoms with E-state index in [0.29, 0.717) is 5.69 Å². The van der Waals surface area contributed by atoms with Crippen LogP contribution in [-0.2, 0) is 0 Å². The Labute approximate surface area is 282 Å². The second-order valence-electron chi connectivity index (χ2n) is 14.2. The fraction of sp³-hybridized carbons (Fsp3) is 0.857. The largest absolute Gasteiger partial charge is 0.372 e. The molecule has 262 valence electrons. The van der Waals surface area contributed by atoms with Gasteiger partial charge in [0.15, 0.2) is 0 Å². The highest BCUT2D eigenvalue weighted by molar-refractivity contribution is 5.52. The molecule has 0 N–H and O–H groups in total. The van der Waals surface area contributed by atoms with E-state index in [1.165, 1.54) is 211 Å². The van der Waals surface area contributed by atoms with Crippen molar-refractivity contribution in [1.82, 2.24) is 0 Å². The zero-order chi connectivity index (χ0) is 32.3. The van der Waals surface area contributed by atoms with E-state index in [4.69, 9.17) is 0 Å². The molecular weight excluding hydrogens is 548 g/mol. The Hall–Kier alpha value is -1.38. The summed E-state index contributed by atoms with van der Waals surface area (Å²) in [5, 5.41) is 3.10. The average Bonchev–Trinajstić information content (AvgIpc) is 3.07. The fourth-order valence-corrected chi connectivity index (χ4v) is 6.80. The number of hydrogen-bond donors (Lipinski definition) is 0. The molecule has 0 spiro atoms. The SMILES string of the molecule is CCCCCCCCCCCCCCCCCCN(CCCCCCCCCCCCCCCCCC)c1ccc(N=O)cc1. The minimum absolute atomic E-state index is 0.531. The summed E-state index contributed by atoms with van der Waals surface area (Å²) in [6.07, 6.45) is 45.2. The van der Waals surface area contributed by atoms with Crippen molar-refractivity contribution in [1.29, 1.82) is 0 Å². The number of nitroso groups, excluding NO2 is 1. The van der Waals surface area contributed by atoms with Crippen molar-refractivity contribution in [3.05, 3.63) is 29.2 Å². The van der Waals surface area contributed by atoms with Gasteiger partial charge in [0.05, 0.1) is 0 Å². The number of hydrogen-bond acceptors (Lipinski definition) is 3. The second-order valence-corrected chi connectivity index (χ2v) is 14.2. The van der Waals surface area contributed by atoms with Crippen LogP contribution in [0.4, 0.5) is 11.4 Å². The van der Waals surface area contributed by atoms with Crippen LogP contribution in [0.25, 0.3) is 0 Å². The standard InChI is InChI=1S/C42H78N2O/c1-3-5-7-9-11-13-15-17-19-21-23-25-27-29-31-33-39-44(42-37-35-41(43-45)36-38-42)40-34-32-30-28-26-24-22-20-18-16-14-12-10-8-6-4-2/h35-38H,3-34,39-40H2,1-2H3. The molecule has 0 aliphatic carbocycles. The molecular formula is C42H78N2O. The molecule has 0 unspecified atom stereocenters. The molecule has 0 aliphatic heterocycles. The minimum Gasteiger partial charge on any atom is -0.372 e. The van der Waals surface area contributed by atoms with Crippen LogP contribution >= 0.6 is 0 Å². The molecule has 1 aromatic carbocycles. The molecule has 0 radical (unpaired) electrons. The summed E-state index contributed by atoms with van der Waals surface area (Å²) in [6, 6.07) is 7.93. The van der Waals surface area contributed by atoms with Gasteiger partial charge in [-0.15, -0.1) is 4.91 Å². The fourth-order valence-electron chi connectivity index (χ4n) is 6.80. The van der Waals surface area contributed by atoms with E-state index in [1.54, 1.807) is 0 Å². The number of anilines is 1. The third kappa shape index (κ3) is 27.4. The highest BCUT2D eigenvalue weighted by Gasteiger charge is 2.07. The van der Waals surface area contributed by atoms with Crippen LogP contribution in [0.15, 0.2) is 29.4 Å². The Morgan fingerprint density at radius 3 is 0.867 bits per heavy atom. The summed E-state index contributed by atoms with van der Waals surface area (Å²) in [4.78, 5) is 13.5. The van der Waals surface area contributed by atoms with Gasteiger partial charge in [-0.3, -0.25) is 0 Å². The van der Waals surface area contributed by atoms with Crippen LogP contribution in [0.2, 0.25) is 0 Å². The van der Waals surface area contributed by atoms with Crippen molar-refractivity contribution in [2.24, 2.45) is 5.18 Å². The molecule has 45 heavy (non-hydrogen) atoms. The Kier molecular flexibility index (Phi) is 31.4. The van der Waals surface area contributed by atoms with E-state index in [9.17, 15) is 4.91 Å². The van der Waals surface area contributed by atoms with Gasteiger partial charge in [-0.1, -0.05) is 206 Å². The molecule has 0 aliphatic rings. The number of rotatable bonds is 36. The molecule has 0 heterocycles. The summed E-state index contributed by atoms with van der Waals surface area (Å²) in [7, 11) is 0. The van der Waals surface area contributed by atoms with Crippen molar-refractivity contribution >= 4 is 11.4 Å². The van der Waals surface area contributed by atoms with Gasteiger partial charge in [-0.2, -0.15) is 0 Å². The highest BCUT2D eigenvalue weighted by atomic mass is 16.3. The molecule has 0 bridgehead atoms. The molecule has 1 aromatic rings. The molecule has 0 fully saturated rings. The van der Waals surface area contributed by atoms with Gasteiger partial charge in [0.2, 0.25) is 0 Å². The van der Waals surface area contributed by atoms with E-state index < -0.39 is 0 Å². The summed E-state index contributed by atoms with van der Waals surface area (Å²) in [6.45, 7) is 6.86. The first-order valence-electron chi connectivity index (χ1n) is 20.5. The first kappa shape index (κ1) is 41.6. The van der Waals surface area contributed by atoms with Crippen molar-refractivity contribution in [2.45, 2.75) is 219 Å². The lowest BCUT2D eigenvalue weighted by molar-refractivity contribution is 0.524. The third-order valence-electron chi connectivity index (χ3n) is 9.88. The van der Waals surface area contributed by atoms with Crippen molar-refractivity contribution in [2.75, 3.05) is 18.0 Å². The van der Waals surface area contributed by atoms with Crippen LogP contribution in [0.5, 0.6) is 0 Å². The predicted molar refractivity (Wildman–Crippen MR) is 203 cm³/mol. The first-order chi connectivity index (χ1) is 22.3. The molecule has 0 amide bonds. The summed E-state index contributed by atoms with van der Waals surface area (Å²) in [5.41, 5.74) is 1.79. The van der Waals surface area contributed by atoms with Gasteiger partial charge in [0, 0.05) is 18.8 Å². The van der Waals surface area contributed by atoms with Crippen LogP contribution < -0.4 is 4.90 Å². The van der Waals surface area contributed by atoms with Gasteiger partial charge < -0.3 is 4.90 Å². The molecule has 0 saturated heterocycles. The van der Waals surface area contributed by atoms with Crippen LogP contribution in [-0.4, -0.2) is 13.1 Å². The lowest BCUT2D eigenvalue weighted by atomic mass is 10.0. The first-order valence-corrected chi connectivity index (χ1v) is 20.5. The van der Waals surface area contributed by atoms with Crippen molar-refractivity contribution < 1.29 is 0 Å². The topological polar surface area (TPSA) is 32.7 Å². The van der Waals surface area contributed by atoms with E-state index >= 15 is 0 Å². The zero-order valence-corrected chi connectivity index (χ0v) is 30.7. The second kappa shape index (κ2) is 34.0. The maximum atomic E-state index is 10.9. The molecule has 3 heteroatoms. The van der Waals surface area contributed by atoms with Gasteiger partial charge in [0.25, 0.3) is 0 Å². The molecule has 1 rings (SSSR count). The number of unbranched alkanes of at least 4 members (excludes halogenated alkanes) is 30. The van der Waals surface area contributed by atoms with Gasteiger partial charge >= 0.3 is 0 Å². The average molecular weight is 627 g/mol. The minimum atomic E-state index is 0.531. The Morgan fingerprint density at radius 1 is 0.378 bits per heavy atom. The number of nitrogens with zero attached hydrogens (tertiary/aromatic N) is 2. The van der Waals surface area contributed by atoms with Gasteiger partial charge in [-0.05, 0) is 42.3 Å². The lowest BCUT2D eigenvalue weighted by Gasteiger charge is -2.25. The normalized spacial score (nSPS) is 11.3. The molecule has 3 nitrogen and oxygen atoms in total. The zero-order valence-electron chi connectivity index (χ0n) is 30.7. The van der Waals surface area contributed by atoms with E-state index in [1.807, 2.05) is 12.1 Å². The highest BCUT2D eigenvalue weighted by Crippen LogP contribution is 2.22. The summed E-state index contributed by atoms with van der Waals surface area (Å²) in [5.74, 6) is 0. The third-order valence-corrected chi connectivity index (χ3v) is 9.88. The smallest absolute Gasteiger partial charge is 0.108 e. The van der Waals surface area contributed by atoms with Gasteiger partial charge in [0.1, 0.15) is 5.69 Å². The Morgan fingerprint density at radius 2 is 0.622 bits per heavy atom. The van der Waals surface area contributed by atoms with Crippen molar-refractivity contribution in [3.8, 4) is 0 Å². The van der Waals surface area contributed by atoms with E-state index in [2.05, 4.69) is 36.1 Å². The number of benzene rings is 1. The maximum absolute atomic E-state index is 10.9.